The number of hydrogen-bond donors (Lipinski definition) is 1. The number of piperidine rings is 1. The molecular weight excluding hydrogens is 288 g/mol. The van der Waals surface area contributed by atoms with Crippen molar-refractivity contribution >= 4 is 10.0 Å². The Balaban J connectivity index is 2.05. The molecule has 2 rings (SSSR count). The van der Waals surface area contributed by atoms with Crippen molar-refractivity contribution in [2.45, 2.75) is 31.2 Å². The van der Waals surface area contributed by atoms with Crippen molar-refractivity contribution in [1.29, 1.82) is 0 Å². The second-order valence-corrected chi connectivity index (χ2v) is 7.96. The summed E-state index contributed by atoms with van der Waals surface area (Å²) in [6, 6.07) is 7.54. The fraction of sp³-hybridized carbons (Fsp3) is 0.600. The van der Waals surface area contributed by atoms with Crippen LogP contribution in [0.5, 0.6) is 0 Å². The van der Waals surface area contributed by atoms with Crippen molar-refractivity contribution in [3.8, 4) is 0 Å². The second-order valence-electron chi connectivity index (χ2n) is 5.99. The molecule has 0 unspecified atom stereocenters. The molecule has 2 atom stereocenters. The standard InChI is InChI=1S/C15H24N2O3S/c1-12-4-6-13(7-5-12)11-21(19,20)17-9-8-14(16(2)3)15(18)10-17/h4-7,14-15,18H,8-11H2,1-3H3/t14-,15-/m0/s1. The number of nitrogens with zero attached hydrogens (tertiary/aromatic N) is 2. The summed E-state index contributed by atoms with van der Waals surface area (Å²) in [5, 5.41) is 10.1. The lowest BCUT2D eigenvalue weighted by Crippen LogP contribution is -2.53. The molecule has 5 nitrogen and oxygen atoms in total. The largest absolute Gasteiger partial charge is 0.390 e. The van der Waals surface area contributed by atoms with Crippen molar-refractivity contribution < 1.29 is 13.5 Å². The molecule has 0 saturated carbocycles. The first-order valence-corrected chi connectivity index (χ1v) is 8.78. The molecule has 1 aromatic carbocycles. The van der Waals surface area contributed by atoms with Crippen LogP contribution in [-0.2, 0) is 15.8 Å². The van der Waals surface area contributed by atoms with Gasteiger partial charge >= 0.3 is 0 Å². The van der Waals surface area contributed by atoms with E-state index in [1.165, 1.54) is 4.31 Å². The quantitative estimate of drug-likeness (QED) is 0.894. The second kappa shape index (κ2) is 6.44. The third kappa shape index (κ3) is 4.03. The van der Waals surface area contributed by atoms with E-state index in [1.54, 1.807) is 0 Å². The van der Waals surface area contributed by atoms with Crippen molar-refractivity contribution in [3.05, 3.63) is 35.4 Å². The molecule has 1 fully saturated rings. The lowest BCUT2D eigenvalue weighted by Gasteiger charge is -2.38. The van der Waals surface area contributed by atoms with E-state index in [2.05, 4.69) is 0 Å². The number of sulfonamides is 1. The number of hydrogen-bond acceptors (Lipinski definition) is 4. The number of benzene rings is 1. The number of likely N-dealkylation sites (N-methyl/N-ethyl adjacent to an activating group) is 1. The predicted molar refractivity (Wildman–Crippen MR) is 83.5 cm³/mol. The van der Waals surface area contributed by atoms with Gasteiger partial charge in [-0.2, -0.15) is 4.31 Å². The van der Waals surface area contributed by atoms with Gasteiger partial charge < -0.3 is 10.0 Å². The van der Waals surface area contributed by atoms with Crippen LogP contribution in [0.3, 0.4) is 0 Å². The number of β-amino-alcohol motifs (C(OH)–C–C–N with tert-alkyl or cyclic N) is 1. The average molecular weight is 312 g/mol. The number of aliphatic hydroxyl groups excluding tert-OH is 1. The topological polar surface area (TPSA) is 60.9 Å². The van der Waals surface area contributed by atoms with Crippen molar-refractivity contribution in [2.75, 3.05) is 27.2 Å². The normalized spacial score (nSPS) is 24.4. The van der Waals surface area contributed by atoms with Gasteiger partial charge in [0.1, 0.15) is 0 Å². The Kier molecular flexibility index (Phi) is 5.03. The van der Waals surface area contributed by atoms with E-state index in [0.29, 0.717) is 13.0 Å². The lowest BCUT2D eigenvalue weighted by molar-refractivity contribution is 0.0291. The number of rotatable bonds is 4. The number of aryl methyl sites for hydroxylation is 1. The van der Waals surface area contributed by atoms with Crippen molar-refractivity contribution in [1.82, 2.24) is 9.21 Å². The SMILES string of the molecule is Cc1ccc(CS(=O)(=O)N2CC[C@H](N(C)C)[C@@H](O)C2)cc1. The Hall–Kier alpha value is -0.950. The van der Waals surface area contributed by atoms with Gasteiger partial charge in [-0.05, 0) is 33.0 Å². The Morgan fingerprint density at radius 3 is 2.43 bits per heavy atom. The Morgan fingerprint density at radius 1 is 1.29 bits per heavy atom. The summed E-state index contributed by atoms with van der Waals surface area (Å²) in [5.74, 6) is -0.00731. The molecular formula is C15H24N2O3S. The zero-order chi connectivity index (χ0) is 15.6. The maximum absolute atomic E-state index is 12.5. The molecule has 0 bridgehead atoms. The van der Waals surface area contributed by atoms with Gasteiger partial charge in [0.2, 0.25) is 10.0 Å². The molecule has 6 heteroatoms. The first-order chi connectivity index (χ1) is 9.79. The summed E-state index contributed by atoms with van der Waals surface area (Å²) in [4.78, 5) is 1.95. The Bertz CT molecular complexity index is 569. The summed E-state index contributed by atoms with van der Waals surface area (Å²) in [6.45, 7) is 2.62. The molecule has 1 heterocycles. The molecule has 1 aliphatic heterocycles. The third-order valence-corrected chi connectivity index (χ3v) is 5.85. The first-order valence-electron chi connectivity index (χ1n) is 7.17. The van der Waals surface area contributed by atoms with Crippen LogP contribution < -0.4 is 0 Å². The predicted octanol–water partition coefficient (Wildman–Crippen LogP) is 0.822. The molecule has 1 N–H and O–H groups in total. The molecule has 0 radical (unpaired) electrons. The highest BCUT2D eigenvalue weighted by Gasteiger charge is 2.34. The smallest absolute Gasteiger partial charge is 0.218 e. The summed E-state index contributed by atoms with van der Waals surface area (Å²) in [6.07, 6.45) is 0.0166. The van der Waals surface area contributed by atoms with Crippen LogP contribution in [0, 0.1) is 6.92 Å². The molecule has 0 spiro atoms. The van der Waals surface area contributed by atoms with E-state index >= 15 is 0 Å². The Labute approximate surface area is 127 Å². The molecule has 0 aromatic heterocycles. The first kappa shape index (κ1) is 16.4. The summed E-state index contributed by atoms with van der Waals surface area (Å²) in [7, 11) is 0.438. The van der Waals surface area contributed by atoms with Gasteiger partial charge in [-0.25, -0.2) is 8.42 Å². The summed E-state index contributed by atoms with van der Waals surface area (Å²) in [5.41, 5.74) is 1.89. The van der Waals surface area contributed by atoms with Gasteiger partial charge in [-0.3, -0.25) is 0 Å². The molecule has 118 valence electrons. The van der Waals surface area contributed by atoms with Gasteiger partial charge in [-0.1, -0.05) is 29.8 Å². The molecule has 1 saturated heterocycles. The van der Waals surface area contributed by atoms with Gasteiger partial charge in [-0.15, -0.1) is 0 Å². The summed E-state index contributed by atoms with van der Waals surface area (Å²) < 4.78 is 26.3. The molecule has 1 aliphatic rings. The van der Waals surface area contributed by atoms with E-state index in [1.807, 2.05) is 50.2 Å². The van der Waals surface area contributed by atoms with E-state index < -0.39 is 16.1 Å². The summed E-state index contributed by atoms with van der Waals surface area (Å²) >= 11 is 0. The van der Waals surface area contributed by atoms with Gasteiger partial charge in [0.15, 0.2) is 0 Å². The van der Waals surface area contributed by atoms with Crippen LogP contribution in [0.4, 0.5) is 0 Å². The molecule has 1 aromatic rings. The molecule has 21 heavy (non-hydrogen) atoms. The molecule has 0 amide bonds. The fourth-order valence-electron chi connectivity index (χ4n) is 2.73. The van der Waals surface area contributed by atoms with Gasteiger partial charge in [0, 0.05) is 19.1 Å². The van der Waals surface area contributed by atoms with E-state index in [-0.39, 0.29) is 18.3 Å². The van der Waals surface area contributed by atoms with Crippen LogP contribution in [0.25, 0.3) is 0 Å². The minimum absolute atomic E-state index is 0.00731. The highest BCUT2D eigenvalue weighted by Crippen LogP contribution is 2.20. The lowest BCUT2D eigenvalue weighted by atomic mass is 10.0. The average Bonchev–Trinajstić information content (AvgIpc) is 2.40. The van der Waals surface area contributed by atoms with Gasteiger partial charge in [0.05, 0.1) is 11.9 Å². The highest BCUT2D eigenvalue weighted by molar-refractivity contribution is 7.88. The highest BCUT2D eigenvalue weighted by atomic mass is 32.2. The molecule has 0 aliphatic carbocycles. The van der Waals surface area contributed by atoms with E-state index in [0.717, 1.165) is 11.1 Å². The maximum atomic E-state index is 12.5. The van der Waals surface area contributed by atoms with Crippen molar-refractivity contribution in [3.63, 3.8) is 0 Å². The third-order valence-electron chi connectivity index (χ3n) is 4.04. The van der Waals surface area contributed by atoms with Crippen LogP contribution in [0.15, 0.2) is 24.3 Å². The number of aliphatic hydroxyl groups is 1. The van der Waals surface area contributed by atoms with E-state index in [9.17, 15) is 13.5 Å². The van der Waals surface area contributed by atoms with Crippen LogP contribution in [0.2, 0.25) is 0 Å². The van der Waals surface area contributed by atoms with Crippen LogP contribution in [0.1, 0.15) is 17.5 Å². The van der Waals surface area contributed by atoms with Gasteiger partial charge in [0.25, 0.3) is 0 Å². The van der Waals surface area contributed by atoms with E-state index in [4.69, 9.17) is 0 Å². The maximum Gasteiger partial charge on any atom is 0.218 e. The Morgan fingerprint density at radius 2 is 1.90 bits per heavy atom. The zero-order valence-corrected chi connectivity index (χ0v) is 13.7. The van der Waals surface area contributed by atoms with Crippen molar-refractivity contribution in [2.24, 2.45) is 0 Å². The monoisotopic (exact) mass is 312 g/mol. The van der Waals surface area contributed by atoms with Crippen LogP contribution in [-0.4, -0.2) is 62.1 Å². The fourth-order valence-corrected chi connectivity index (χ4v) is 4.29. The van der Waals surface area contributed by atoms with Crippen LogP contribution >= 0.6 is 0 Å². The minimum atomic E-state index is -3.38. The minimum Gasteiger partial charge on any atom is -0.390 e. The zero-order valence-electron chi connectivity index (χ0n) is 12.9.